The molecule has 0 aliphatic heterocycles. The number of carbonyl (C=O) groups excluding carboxylic acids is 1. The van der Waals surface area contributed by atoms with E-state index in [2.05, 4.69) is 9.97 Å². The molecule has 0 saturated carbocycles. The Hall–Kier alpha value is -2.48. The van der Waals surface area contributed by atoms with E-state index in [1.807, 2.05) is 12.3 Å². The van der Waals surface area contributed by atoms with Crippen LogP contribution >= 0.6 is 11.3 Å². The van der Waals surface area contributed by atoms with E-state index in [9.17, 15) is 9.59 Å². The molecule has 8 heteroatoms. The van der Waals surface area contributed by atoms with Crippen LogP contribution in [0.4, 0.5) is 0 Å². The first-order valence-corrected chi connectivity index (χ1v) is 8.52. The molecule has 0 fully saturated rings. The van der Waals surface area contributed by atoms with Gasteiger partial charge in [0.25, 0.3) is 5.56 Å². The van der Waals surface area contributed by atoms with Crippen molar-refractivity contribution >= 4 is 28.4 Å². The number of fused-ring (bicyclic) bond motifs is 1. The second-order valence-corrected chi connectivity index (χ2v) is 6.14. The van der Waals surface area contributed by atoms with Crippen molar-refractivity contribution < 1.29 is 13.9 Å². The summed E-state index contributed by atoms with van der Waals surface area (Å²) in [6.07, 6.45) is 2.26. The maximum absolute atomic E-state index is 12.8. The van der Waals surface area contributed by atoms with E-state index in [1.54, 1.807) is 25.2 Å². The summed E-state index contributed by atoms with van der Waals surface area (Å²) in [5.74, 6) is -0.250. The molecule has 3 heterocycles. The van der Waals surface area contributed by atoms with Crippen LogP contribution in [0.1, 0.15) is 40.7 Å². The molecule has 0 aliphatic carbocycles. The second-order valence-electron chi connectivity index (χ2n) is 5.20. The lowest BCUT2D eigenvalue weighted by Gasteiger charge is -2.03. The average Bonchev–Trinajstić information content (AvgIpc) is 3.14. The SMILES string of the molecule is CCOC(=O)c1c(C)oc2ncn(Cc3csc(CC)n3)c(=O)c12. The van der Waals surface area contributed by atoms with Gasteiger partial charge in [-0.1, -0.05) is 6.92 Å². The zero-order chi connectivity index (χ0) is 17.3. The van der Waals surface area contributed by atoms with E-state index < -0.39 is 5.97 Å². The van der Waals surface area contributed by atoms with E-state index in [4.69, 9.17) is 9.15 Å². The molecule has 0 saturated heterocycles. The maximum atomic E-state index is 12.8. The number of carbonyl (C=O) groups is 1. The predicted octanol–water partition coefficient (Wildman–Crippen LogP) is 2.54. The maximum Gasteiger partial charge on any atom is 0.342 e. The largest absolute Gasteiger partial charge is 0.462 e. The number of nitrogens with zero attached hydrogens (tertiary/aromatic N) is 3. The molecule has 0 amide bonds. The van der Waals surface area contributed by atoms with Crippen LogP contribution in [-0.2, 0) is 17.7 Å². The van der Waals surface area contributed by atoms with Gasteiger partial charge < -0.3 is 9.15 Å². The normalized spacial score (nSPS) is 11.1. The standard InChI is InChI=1S/C16H17N3O4S/c1-4-11-18-10(7-24-11)6-19-8-17-14-13(15(19)20)12(9(3)23-14)16(21)22-5-2/h7-8H,4-6H2,1-3H3. The minimum absolute atomic E-state index is 0.143. The quantitative estimate of drug-likeness (QED) is 0.659. The zero-order valence-corrected chi connectivity index (χ0v) is 14.5. The highest BCUT2D eigenvalue weighted by molar-refractivity contribution is 7.09. The summed E-state index contributed by atoms with van der Waals surface area (Å²) in [5, 5.41) is 3.08. The highest BCUT2D eigenvalue weighted by atomic mass is 32.1. The van der Waals surface area contributed by atoms with Gasteiger partial charge in [-0.15, -0.1) is 11.3 Å². The predicted molar refractivity (Wildman–Crippen MR) is 89.6 cm³/mol. The smallest absolute Gasteiger partial charge is 0.342 e. The molecule has 0 unspecified atom stereocenters. The highest BCUT2D eigenvalue weighted by Gasteiger charge is 2.23. The van der Waals surface area contributed by atoms with Crippen molar-refractivity contribution in [3.8, 4) is 0 Å². The third-order valence-corrected chi connectivity index (χ3v) is 4.61. The van der Waals surface area contributed by atoms with Crippen molar-refractivity contribution in [2.75, 3.05) is 6.61 Å². The summed E-state index contributed by atoms with van der Waals surface area (Å²) in [5.41, 5.74) is 0.736. The highest BCUT2D eigenvalue weighted by Crippen LogP contribution is 2.22. The van der Waals surface area contributed by atoms with Crippen molar-refractivity contribution in [3.05, 3.63) is 44.1 Å². The molecule has 3 rings (SSSR count). The second kappa shape index (κ2) is 6.56. The molecule has 3 aromatic heterocycles. The molecule has 7 nitrogen and oxygen atoms in total. The van der Waals surface area contributed by atoms with Crippen LogP contribution in [0.2, 0.25) is 0 Å². The Bertz CT molecular complexity index is 954. The molecule has 0 bridgehead atoms. The summed E-state index contributed by atoms with van der Waals surface area (Å²) in [6, 6.07) is 0. The van der Waals surface area contributed by atoms with Gasteiger partial charge in [-0.05, 0) is 20.3 Å². The molecule has 3 aromatic rings. The number of aryl methyl sites for hydroxylation is 2. The lowest BCUT2D eigenvalue weighted by molar-refractivity contribution is 0.0526. The molecule has 0 aromatic carbocycles. The number of ether oxygens (including phenoxy) is 1. The van der Waals surface area contributed by atoms with Gasteiger partial charge in [0.15, 0.2) is 0 Å². The van der Waals surface area contributed by atoms with E-state index in [-0.39, 0.29) is 28.8 Å². The summed E-state index contributed by atoms with van der Waals surface area (Å²) in [4.78, 5) is 33.5. The molecular formula is C16H17N3O4S. The molecule has 0 atom stereocenters. The van der Waals surface area contributed by atoms with E-state index in [0.717, 1.165) is 17.1 Å². The minimum atomic E-state index is -0.577. The van der Waals surface area contributed by atoms with Crippen LogP contribution in [0, 0.1) is 6.92 Å². The van der Waals surface area contributed by atoms with Gasteiger partial charge in [-0.2, -0.15) is 0 Å². The Labute approximate surface area is 141 Å². The topological polar surface area (TPSA) is 87.2 Å². The van der Waals surface area contributed by atoms with Crippen molar-refractivity contribution in [2.24, 2.45) is 0 Å². The van der Waals surface area contributed by atoms with Gasteiger partial charge in [0.2, 0.25) is 5.71 Å². The molecule has 0 N–H and O–H groups in total. The van der Waals surface area contributed by atoms with Crippen LogP contribution in [0.5, 0.6) is 0 Å². The van der Waals surface area contributed by atoms with E-state index >= 15 is 0 Å². The molecule has 0 aliphatic rings. The first-order chi connectivity index (χ1) is 11.5. The third-order valence-electron chi connectivity index (χ3n) is 3.57. The Morgan fingerprint density at radius 3 is 2.88 bits per heavy atom. The number of aromatic nitrogens is 3. The van der Waals surface area contributed by atoms with Crippen molar-refractivity contribution in [2.45, 2.75) is 33.7 Å². The summed E-state index contributed by atoms with van der Waals surface area (Å²) < 4.78 is 11.9. The molecular weight excluding hydrogens is 330 g/mol. The number of hydrogen-bond donors (Lipinski definition) is 0. The van der Waals surface area contributed by atoms with Gasteiger partial charge in [0.1, 0.15) is 23.0 Å². The third kappa shape index (κ3) is 2.84. The lowest BCUT2D eigenvalue weighted by atomic mass is 10.2. The van der Waals surface area contributed by atoms with Crippen molar-refractivity contribution in [1.82, 2.24) is 14.5 Å². The van der Waals surface area contributed by atoms with Gasteiger partial charge in [0, 0.05) is 5.38 Å². The van der Waals surface area contributed by atoms with Gasteiger partial charge in [-0.3, -0.25) is 9.36 Å². The molecule has 126 valence electrons. The van der Waals surface area contributed by atoms with Crippen molar-refractivity contribution in [1.29, 1.82) is 0 Å². The van der Waals surface area contributed by atoms with Crippen LogP contribution in [0.25, 0.3) is 11.1 Å². The van der Waals surface area contributed by atoms with Crippen LogP contribution < -0.4 is 5.56 Å². The monoisotopic (exact) mass is 347 g/mol. The first kappa shape index (κ1) is 16.4. The Morgan fingerprint density at radius 2 is 2.21 bits per heavy atom. The Kier molecular flexibility index (Phi) is 4.48. The van der Waals surface area contributed by atoms with Gasteiger partial charge in [-0.25, -0.2) is 14.8 Å². The molecule has 0 spiro atoms. The number of esters is 1. The average molecular weight is 347 g/mol. The number of thiazole rings is 1. The number of hydrogen-bond acceptors (Lipinski definition) is 7. The fourth-order valence-electron chi connectivity index (χ4n) is 2.46. The Balaban J connectivity index is 2.07. The summed E-state index contributed by atoms with van der Waals surface area (Å²) in [6.45, 7) is 5.87. The first-order valence-electron chi connectivity index (χ1n) is 7.64. The van der Waals surface area contributed by atoms with Gasteiger partial charge >= 0.3 is 5.97 Å². The van der Waals surface area contributed by atoms with E-state index in [1.165, 1.54) is 10.9 Å². The van der Waals surface area contributed by atoms with Gasteiger partial charge in [0.05, 0.1) is 23.9 Å². The summed E-state index contributed by atoms with van der Waals surface area (Å²) in [7, 11) is 0. The number of furan rings is 1. The van der Waals surface area contributed by atoms with Crippen LogP contribution in [0.3, 0.4) is 0 Å². The summed E-state index contributed by atoms with van der Waals surface area (Å²) >= 11 is 1.56. The number of rotatable bonds is 5. The van der Waals surface area contributed by atoms with E-state index in [0.29, 0.717) is 12.3 Å². The van der Waals surface area contributed by atoms with Crippen molar-refractivity contribution in [3.63, 3.8) is 0 Å². The molecule has 24 heavy (non-hydrogen) atoms. The fraction of sp³-hybridized carbons (Fsp3) is 0.375. The lowest BCUT2D eigenvalue weighted by Crippen LogP contribution is -2.22. The minimum Gasteiger partial charge on any atom is -0.462 e. The molecule has 0 radical (unpaired) electrons. The zero-order valence-electron chi connectivity index (χ0n) is 13.7. The Morgan fingerprint density at radius 1 is 1.42 bits per heavy atom. The fourth-order valence-corrected chi connectivity index (χ4v) is 3.19. The van der Waals surface area contributed by atoms with Crippen LogP contribution in [-0.4, -0.2) is 27.1 Å². The van der Waals surface area contributed by atoms with Crippen LogP contribution in [0.15, 0.2) is 20.9 Å².